The lowest BCUT2D eigenvalue weighted by molar-refractivity contribution is -0.00000577. The first-order chi connectivity index (χ1) is 13.9. The van der Waals surface area contributed by atoms with Gasteiger partial charge in [-0.15, -0.1) is 0 Å². The Bertz CT molecular complexity index is 1090. The van der Waals surface area contributed by atoms with Crippen LogP contribution < -0.4 is 37.6 Å². The van der Waals surface area contributed by atoms with Crippen molar-refractivity contribution in [1.29, 1.82) is 0 Å². The monoisotopic (exact) mass is 458 g/mol. The number of fused-ring (bicyclic) bond motifs is 1. The normalized spacial score (nSPS) is 14.0. The molecule has 4 aromatic rings. The van der Waals surface area contributed by atoms with Crippen molar-refractivity contribution in [2.24, 2.45) is 0 Å². The fourth-order valence-corrected chi connectivity index (χ4v) is 7.78. The van der Waals surface area contributed by atoms with E-state index in [4.69, 9.17) is 4.74 Å². The van der Waals surface area contributed by atoms with E-state index in [1.807, 2.05) is 6.07 Å². The molecule has 0 spiro atoms. The maximum atomic E-state index is 6.41. The Kier molecular flexibility index (Phi) is 5.67. The summed E-state index contributed by atoms with van der Waals surface area (Å²) in [6, 6.07) is 40.6. The molecule has 29 heavy (non-hydrogen) atoms. The number of benzene rings is 4. The van der Waals surface area contributed by atoms with Crippen LogP contribution in [0.1, 0.15) is 5.56 Å². The molecule has 1 aliphatic heterocycles. The van der Waals surface area contributed by atoms with Crippen molar-refractivity contribution in [1.82, 2.24) is 0 Å². The van der Waals surface area contributed by atoms with Crippen LogP contribution in [-0.2, 0) is 0 Å². The largest absolute Gasteiger partial charge is 1.00 e. The Labute approximate surface area is 182 Å². The zero-order valence-electron chi connectivity index (χ0n) is 15.8. The van der Waals surface area contributed by atoms with Crippen molar-refractivity contribution in [3.8, 4) is 5.75 Å². The van der Waals surface area contributed by atoms with Crippen LogP contribution in [0, 0.1) is 0 Å². The van der Waals surface area contributed by atoms with E-state index >= 15 is 0 Å². The van der Waals surface area contributed by atoms with Crippen LogP contribution in [0.25, 0.3) is 5.76 Å². The van der Waals surface area contributed by atoms with Gasteiger partial charge in [-0.2, -0.15) is 0 Å². The number of halogens is 1. The number of hydrogen-bond donors (Lipinski definition) is 0. The van der Waals surface area contributed by atoms with Gasteiger partial charge in [-0.1, -0.05) is 78.9 Å². The fourth-order valence-electron chi connectivity index (χ4n) is 3.86. The zero-order chi connectivity index (χ0) is 18.8. The Hall–Kier alpha value is -2.67. The van der Waals surface area contributed by atoms with E-state index in [9.17, 15) is 0 Å². The molecular formula is C26H20BrOP. The lowest BCUT2D eigenvalue weighted by Crippen LogP contribution is -3.00. The van der Waals surface area contributed by atoms with Crippen LogP contribution in [0.2, 0.25) is 0 Å². The van der Waals surface area contributed by atoms with Crippen molar-refractivity contribution in [2.75, 3.05) is 0 Å². The molecule has 1 heterocycles. The smallest absolute Gasteiger partial charge is 0.170 e. The predicted octanol–water partition coefficient (Wildman–Crippen LogP) is 2.38. The van der Waals surface area contributed by atoms with Gasteiger partial charge in [-0.05, 0) is 36.4 Å². The molecule has 3 heteroatoms. The summed E-state index contributed by atoms with van der Waals surface area (Å²) < 4.78 is 6.41. The van der Waals surface area contributed by atoms with Gasteiger partial charge in [0.2, 0.25) is 0 Å². The molecular weight excluding hydrogens is 439 g/mol. The van der Waals surface area contributed by atoms with Crippen LogP contribution in [-0.4, -0.2) is 0 Å². The van der Waals surface area contributed by atoms with E-state index in [1.54, 1.807) is 0 Å². The third kappa shape index (κ3) is 3.44. The number of para-hydroxylation sites is 1. The molecule has 0 N–H and O–H groups in total. The highest BCUT2D eigenvalue weighted by atomic mass is 79.9. The minimum absolute atomic E-state index is 0. The SMILES string of the molecule is C1=C(c2ccccc2)Oc2ccccc2[P+]1(c1ccccc1)c1ccccc1.[Br-]. The molecule has 1 aliphatic rings. The molecule has 0 aromatic heterocycles. The molecule has 0 atom stereocenters. The highest BCUT2D eigenvalue weighted by molar-refractivity contribution is 7.98. The van der Waals surface area contributed by atoms with Crippen LogP contribution >= 0.6 is 7.26 Å². The maximum Gasteiger partial charge on any atom is 0.170 e. The van der Waals surface area contributed by atoms with Gasteiger partial charge in [0.15, 0.2) is 16.8 Å². The summed E-state index contributed by atoms with van der Waals surface area (Å²) in [5, 5.41) is 3.95. The van der Waals surface area contributed by atoms with Gasteiger partial charge in [-0.3, -0.25) is 0 Å². The lowest BCUT2D eigenvalue weighted by atomic mass is 10.2. The summed E-state index contributed by atoms with van der Waals surface area (Å²) in [6.07, 6.45) is 0. The molecule has 4 aromatic carbocycles. The topological polar surface area (TPSA) is 9.23 Å². The van der Waals surface area contributed by atoms with Crippen LogP contribution in [0.3, 0.4) is 0 Å². The van der Waals surface area contributed by atoms with E-state index in [1.165, 1.54) is 15.9 Å². The Morgan fingerprint density at radius 2 is 1.00 bits per heavy atom. The first-order valence-electron chi connectivity index (χ1n) is 9.44. The van der Waals surface area contributed by atoms with Gasteiger partial charge in [-0.25, -0.2) is 0 Å². The third-order valence-electron chi connectivity index (χ3n) is 5.16. The van der Waals surface area contributed by atoms with E-state index in [2.05, 4.69) is 115 Å². The Balaban J connectivity index is 0.00000205. The Morgan fingerprint density at radius 3 is 1.59 bits per heavy atom. The van der Waals surface area contributed by atoms with Crippen molar-refractivity contribution < 1.29 is 21.7 Å². The molecule has 0 aliphatic carbocycles. The Morgan fingerprint density at radius 1 is 0.517 bits per heavy atom. The molecule has 0 amide bonds. The average Bonchev–Trinajstić information content (AvgIpc) is 2.80. The first-order valence-corrected chi connectivity index (χ1v) is 11.3. The fraction of sp³-hybridized carbons (Fsp3) is 0. The second-order valence-electron chi connectivity index (χ2n) is 6.82. The summed E-state index contributed by atoms with van der Waals surface area (Å²) in [7, 11) is -1.99. The second kappa shape index (κ2) is 8.37. The molecule has 0 saturated heterocycles. The minimum atomic E-state index is -1.99. The number of hydrogen-bond acceptors (Lipinski definition) is 1. The van der Waals surface area contributed by atoms with Gasteiger partial charge < -0.3 is 21.7 Å². The number of ether oxygens (including phenoxy) is 1. The highest BCUT2D eigenvalue weighted by Crippen LogP contribution is 2.62. The zero-order valence-corrected chi connectivity index (χ0v) is 18.3. The maximum absolute atomic E-state index is 6.41. The van der Waals surface area contributed by atoms with Crippen LogP contribution in [0.15, 0.2) is 121 Å². The first kappa shape index (κ1) is 19.6. The van der Waals surface area contributed by atoms with Gasteiger partial charge in [0.05, 0.1) is 0 Å². The predicted molar refractivity (Wildman–Crippen MR) is 120 cm³/mol. The lowest BCUT2D eigenvalue weighted by Gasteiger charge is -2.30. The molecule has 0 radical (unpaired) electrons. The average molecular weight is 459 g/mol. The quantitative estimate of drug-likeness (QED) is 0.428. The molecule has 0 saturated carbocycles. The molecule has 0 unspecified atom stereocenters. The summed E-state index contributed by atoms with van der Waals surface area (Å²) in [5.74, 6) is 4.26. The van der Waals surface area contributed by atoms with Crippen molar-refractivity contribution in [3.05, 3.63) is 127 Å². The van der Waals surface area contributed by atoms with Crippen molar-refractivity contribution in [3.63, 3.8) is 0 Å². The summed E-state index contributed by atoms with van der Waals surface area (Å²) in [5.41, 5.74) is 1.10. The van der Waals surface area contributed by atoms with Gasteiger partial charge >= 0.3 is 0 Å². The van der Waals surface area contributed by atoms with E-state index < -0.39 is 7.26 Å². The molecule has 5 rings (SSSR count). The molecule has 0 bridgehead atoms. The van der Waals surface area contributed by atoms with E-state index in [-0.39, 0.29) is 17.0 Å². The summed E-state index contributed by atoms with van der Waals surface area (Å²) in [6.45, 7) is 0. The van der Waals surface area contributed by atoms with Crippen LogP contribution in [0.5, 0.6) is 5.75 Å². The van der Waals surface area contributed by atoms with E-state index in [0.717, 1.165) is 17.1 Å². The third-order valence-corrected chi connectivity index (χ3v) is 9.14. The van der Waals surface area contributed by atoms with Gasteiger partial charge in [0, 0.05) is 5.56 Å². The van der Waals surface area contributed by atoms with Crippen LogP contribution in [0.4, 0.5) is 0 Å². The van der Waals surface area contributed by atoms with Crippen molar-refractivity contribution in [2.45, 2.75) is 0 Å². The van der Waals surface area contributed by atoms with E-state index in [0.29, 0.717) is 0 Å². The standard InChI is InChI=1S/C26H20OP.BrH/c1-4-12-21(13-5-1)25-20-28(22-14-6-2-7-15-22,23-16-8-3-9-17-23)26-19-11-10-18-24(26)27-25;/h1-20H;1H/q+1;/p-1. The molecule has 0 fully saturated rings. The molecule has 142 valence electrons. The second-order valence-corrected chi connectivity index (χ2v) is 10.0. The summed E-state index contributed by atoms with van der Waals surface area (Å²) in [4.78, 5) is 0. The van der Waals surface area contributed by atoms with Gasteiger partial charge in [0.25, 0.3) is 0 Å². The minimum Gasteiger partial charge on any atom is -1.00 e. The van der Waals surface area contributed by atoms with Gasteiger partial charge in [0.1, 0.15) is 23.7 Å². The van der Waals surface area contributed by atoms with Crippen molar-refractivity contribution >= 4 is 28.9 Å². The number of rotatable bonds is 3. The summed E-state index contributed by atoms with van der Waals surface area (Å²) >= 11 is 0. The molecule has 1 nitrogen and oxygen atoms in total. The highest BCUT2D eigenvalue weighted by Gasteiger charge is 2.49.